The molecule has 78 valence electrons. The molecule has 4 nitrogen and oxygen atoms in total. The van der Waals surface area contributed by atoms with Gasteiger partial charge in [0.15, 0.2) is 0 Å². The van der Waals surface area contributed by atoms with Crippen LogP contribution in [0.5, 0.6) is 0 Å². The smallest absolute Gasteiger partial charge is 0.238 e. The number of sulfonamides is 1. The zero-order chi connectivity index (χ0) is 10.9. The summed E-state index contributed by atoms with van der Waals surface area (Å²) in [6, 6.07) is 6.62. The van der Waals surface area contributed by atoms with Gasteiger partial charge in [-0.3, -0.25) is 4.98 Å². The monoisotopic (exact) mass is 240 g/mol. The Kier molecular flexibility index (Phi) is 2.56. The third-order valence-corrected chi connectivity index (χ3v) is 3.67. The molecule has 0 saturated heterocycles. The van der Waals surface area contributed by atoms with E-state index in [0.717, 1.165) is 4.88 Å². The molecule has 6 heteroatoms. The summed E-state index contributed by atoms with van der Waals surface area (Å²) >= 11 is 1.38. The highest BCUT2D eigenvalue weighted by Gasteiger charge is 2.14. The van der Waals surface area contributed by atoms with Gasteiger partial charge >= 0.3 is 0 Å². The molecule has 0 unspecified atom stereocenters. The van der Waals surface area contributed by atoms with Crippen LogP contribution in [0.25, 0.3) is 10.4 Å². The quantitative estimate of drug-likeness (QED) is 0.863. The molecule has 0 spiro atoms. The van der Waals surface area contributed by atoms with Gasteiger partial charge in [-0.15, -0.1) is 11.3 Å². The zero-order valence-electron chi connectivity index (χ0n) is 7.62. The van der Waals surface area contributed by atoms with Crippen molar-refractivity contribution in [3.8, 4) is 10.4 Å². The lowest BCUT2D eigenvalue weighted by atomic mass is 10.2. The number of thiazole rings is 1. The Morgan fingerprint density at radius 2 is 2.00 bits per heavy atom. The summed E-state index contributed by atoms with van der Waals surface area (Å²) < 4.78 is 22.6. The van der Waals surface area contributed by atoms with Gasteiger partial charge in [0.25, 0.3) is 0 Å². The van der Waals surface area contributed by atoms with Crippen molar-refractivity contribution >= 4 is 21.4 Å². The normalized spacial score (nSPS) is 11.5. The fourth-order valence-electron chi connectivity index (χ4n) is 1.27. The molecule has 2 aromatic rings. The van der Waals surface area contributed by atoms with Crippen LogP contribution in [0, 0.1) is 0 Å². The maximum absolute atomic E-state index is 11.3. The molecule has 0 fully saturated rings. The highest BCUT2D eigenvalue weighted by atomic mass is 32.2. The molecule has 0 saturated carbocycles. The van der Waals surface area contributed by atoms with E-state index in [1.54, 1.807) is 29.9 Å². The first-order valence-corrected chi connectivity index (χ1v) is 6.52. The van der Waals surface area contributed by atoms with Crippen molar-refractivity contribution in [2.45, 2.75) is 4.90 Å². The third-order valence-electron chi connectivity index (χ3n) is 1.89. The first-order valence-electron chi connectivity index (χ1n) is 4.10. The summed E-state index contributed by atoms with van der Waals surface area (Å²) in [7, 11) is -3.68. The maximum atomic E-state index is 11.3. The second kappa shape index (κ2) is 3.73. The van der Waals surface area contributed by atoms with E-state index < -0.39 is 10.0 Å². The molecule has 0 radical (unpaired) electrons. The molecule has 2 N–H and O–H groups in total. The van der Waals surface area contributed by atoms with Crippen molar-refractivity contribution < 1.29 is 8.42 Å². The van der Waals surface area contributed by atoms with Gasteiger partial charge in [-0.2, -0.15) is 0 Å². The van der Waals surface area contributed by atoms with Crippen molar-refractivity contribution in [2.75, 3.05) is 0 Å². The first kappa shape index (κ1) is 10.3. The SMILES string of the molecule is NS(=O)(=O)c1ccccc1-c1cncs1. The molecule has 0 aliphatic heterocycles. The lowest BCUT2D eigenvalue weighted by Gasteiger charge is -2.04. The van der Waals surface area contributed by atoms with E-state index in [9.17, 15) is 8.42 Å². The van der Waals surface area contributed by atoms with E-state index in [4.69, 9.17) is 5.14 Å². The molecule has 0 atom stereocenters. The molecule has 1 aromatic carbocycles. The van der Waals surface area contributed by atoms with E-state index in [2.05, 4.69) is 4.98 Å². The van der Waals surface area contributed by atoms with Crippen molar-refractivity contribution in [1.82, 2.24) is 4.98 Å². The minimum absolute atomic E-state index is 0.134. The molecule has 1 aromatic heterocycles. The molecular weight excluding hydrogens is 232 g/mol. The van der Waals surface area contributed by atoms with Gasteiger partial charge in [0.2, 0.25) is 10.0 Å². The van der Waals surface area contributed by atoms with Gasteiger partial charge < -0.3 is 0 Å². The summed E-state index contributed by atoms with van der Waals surface area (Å²) in [6.45, 7) is 0. The van der Waals surface area contributed by atoms with Crippen LogP contribution in [-0.4, -0.2) is 13.4 Å². The van der Waals surface area contributed by atoms with Crippen LogP contribution in [0.1, 0.15) is 0 Å². The molecule has 2 rings (SSSR count). The third kappa shape index (κ3) is 2.06. The standard InChI is InChI=1S/C9H8N2O2S2/c10-15(12,13)9-4-2-1-3-7(9)8-5-11-6-14-8/h1-6H,(H2,10,12,13). The lowest BCUT2D eigenvalue weighted by molar-refractivity contribution is 0.598. The Balaban J connectivity index is 2.68. The highest BCUT2D eigenvalue weighted by Crippen LogP contribution is 2.28. The number of benzene rings is 1. The van der Waals surface area contributed by atoms with Gasteiger partial charge in [-0.25, -0.2) is 13.6 Å². The number of aromatic nitrogens is 1. The van der Waals surface area contributed by atoms with E-state index in [1.165, 1.54) is 17.4 Å². The minimum atomic E-state index is -3.68. The fourth-order valence-corrected chi connectivity index (χ4v) is 2.75. The summed E-state index contributed by atoms with van der Waals surface area (Å²) in [5.74, 6) is 0. The van der Waals surface area contributed by atoms with Gasteiger partial charge in [0.05, 0.1) is 15.3 Å². The molecule has 15 heavy (non-hydrogen) atoms. The van der Waals surface area contributed by atoms with Crippen molar-refractivity contribution in [1.29, 1.82) is 0 Å². The number of primary sulfonamides is 1. The van der Waals surface area contributed by atoms with Gasteiger partial charge in [0.1, 0.15) is 0 Å². The van der Waals surface area contributed by atoms with Crippen LogP contribution in [0.4, 0.5) is 0 Å². The van der Waals surface area contributed by atoms with Crippen molar-refractivity contribution in [3.63, 3.8) is 0 Å². The number of nitrogens with two attached hydrogens (primary N) is 1. The van der Waals surface area contributed by atoms with Crippen LogP contribution in [0.3, 0.4) is 0 Å². The van der Waals surface area contributed by atoms with Crippen LogP contribution >= 0.6 is 11.3 Å². The van der Waals surface area contributed by atoms with Crippen LogP contribution in [-0.2, 0) is 10.0 Å². The minimum Gasteiger partial charge on any atom is -0.252 e. The van der Waals surface area contributed by atoms with Crippen LogP contribution in [0.2, 0.25) is 0 Å². The summed E-state index contributed by atoms with van der Waals surface area (Å²) in [5.41, 5.74) is 2.25. The average molecular weight is 240 g/mol. The molecule has 0 amide bonds. The van der Waals surface area contributed by atoms with Crippen molar-refractivity contribution in [2.24, 2.45) is 5.14 Å². The number of hydrogen-bond acceptors (Lipinski definition) is 4. The number of nitrogens with zero attached hydrogens (tertiary/aromatic N) is 1. The van der Waals surface area contributed by atoms with Gasteiger partial charge in [-0.05, 0) is 6.07 Å². The molecule has 1 heterocycles. The highest BCUT2D eigenvalue weighted by molar-refractivity contribution is 7.89. The fraction of sp³-hybridized carbons (Fsp3) is 0. The van der Waals surface area contributed by atoms with E-state index in [1.807, 2.05) is 0 Å². The second-order valence-corrected chi connectivity index (χ2v) is 5.32. The predicted octanol–water partition coefficient (Wildman–Crippen LogP) is 1.46. The van der Waals surface area contributed by atoms with Crippen LogP contribution < -0.4 is 5.14 Å². The Morgan fingerprint density at radius 3 is 2.60 bits per heavy atom. The van der Waals surface area contributed by atoms with Gasteiger partial charge in [0, 0.05) is 11.8 Å². The Bertz CT molecular complexity index is 562. The van der Waals surface area contributed by atoms with Crippen LogP contribution in [0.15, 0.2) is 40.9 Å². The lowest BCUT2D eigenvalue weighted by Crippen LogP contribution is -2.13. The number of hydrogen-bond donors (Lipinski definition) is 1. The molecule has 0 aliphatic carbocycles. The number of rotatable bonds is 2. The predicted molar refractivity (Wildman–Crippen MR) is 58.9 cm³/mol. The Morgan fingerprint density at radius 1 is 1.27 bits per heavy atom. The first-order chi connectivity index (χ1) is 7.09. The molecular formula is C9H8N2O2S2. The van der Waals surface area contributed by atoms with Crippen molar-refractivity contribution in [3.05, 3.63) is 36.0 Å². The largest absolute Gasteiger partial charge is 0.252 e. The Labute approximate surface area is 91.4 Å². The topological polar surface area (TPSA) is 73.1 Å². The zero-order valence-corrected chi connectivity index (χ0v) is 9.25. The maximum Gasteiger partial charge on any atom is 0.238 e. The average Bonchev–Trinajstić information content (AvgIpc) is 2.69. The second-order valence-electron chi connectivity index (χ2n) is 2.91. The molecule has 0 bridgehead atoms. The molecule has 0 aliphatic rings. The van der Waals surface area contributed by atoms with Gasteiger partial charge in [-0.1, -0.05) is 18.2 Å². The van der Waals surface area contributed by atoms with E-state index in [0.29, 0.717) is 5.56 Å². The summed E-state index contributed by atoms with van der Waals surface area (Å²) in [5, 5.41) is 5.12. The van der Waals surface area contributed by atoms with E-state index in [-0.39, 0.29) is 4.90 Å². The summed E-state index contributed by atoms with van der Waals surface area (Å²) in [6.07, 6.45) is 1.62. The van der Waals surface area contributed by atoms with E-state index >= 15 is 0 Å². The Hall–Kier alpha value is -1.24. The summed E-state index contributed by atoms with van der Waals surface area (Å²) in [4.78, 5) is 4.83.